The molecule has 0 fully saturated rings. The number of nitrogens with one attached hydrogen (secondary N) is 1. The van der Waals surface area contributed by atoms with Crippen molar-refractivity contribution < 1.29 is 9.53 Å². The Kier molecular flexibility index (Phi) is 6.44. The predicted octanol–water partition coefficient (Wildman–Crippen LogP) is 2.96. The summed E-state index contributed by atoms with van der Waals surface area (Å²) < 4.78 is 5.24. The summed E-state index contributed by atoms with van der Waals surface area (Å²) in [6.07, 6.45) is 7.50. The van der Waals surface area contributed by atoms with E-state index < -0.39 is 0 Å². The van der Waals surface area contributed by atoms with Crippen molar-refractivity contribution in [3.05, 3.63) is 48.1 Å². The molecule has 3 heteroatoms. The SMILES string of the molecule is C=C/C=C\c1ccc(OC)cc1CCCNC(C)=O. The van der Waals surface area contributed by atoms with E-state index in [0.717, 1.165) is 24.2 Å². The van der Waals surface area contributed by atoms with Crippen molar-refractivity contribution in [1.82, 2.24) is 5.32 Å². The molecule has 0 atom stereocenters. The Morgan fingerprint density at radius 2 is 2.26 bits per heavy atom. The van der Waals surface area contributed by atoms with Crippen LogP contribution in [0.2, 0.25) is 0 Å². The highest BCUT2D eigenvalue weighted by atomic mass is 16.5. The minimum Gasteiger partial charge on any atom is -0.497 e. The molecule has 0 aliphatic carbocycles. The Morgan fingerprint density at radius 1 is 1.47 bits per heavy atom. The van der Waals surface area contributed by atoms with Crippen LogP contribution in [0.3, 0.4) is 0 Å². The second kappa shape index (κ2) is 8.14. The summed E-state index contributed by atoms with van der Waals surface area (Å²) in [6, 6.07) is 6.02. The van der Waals surface area contributed by atoms with Crippen LogP contribution in [0.25, 0.3) is 6.08 Å². The average molecular weight is 259 g/mol. The van der Waals surface area contributed by atoms with Gasteiger partial charge in [0.25, 0.3) is 0 Å². The van der Waals surface area contributed by atoms with Crippen LogP contribution in [0.1, 0.15) is 24.5 Å². The first-order valence-corrected chi connectivity index (χ1v) is 6.38. The highest BCUT2D eigenvalue weighted by Crippen LogP contribution is 2.20. The number of hydrogen-bond acceptors (Lipinski definition) is 2. The molecule has 0 radical (unpaired) electrons. The largest absolute Gasteiger partial charge is 0.497 e. The highest BCUT2D eigenvalue weighted by molar-refractivity contribution is 5.72. The van der Waals surface area contributed by atoms with Crippen molar-refractivity contribution in [2.24, 2.45) is 0 Å². The van der Waals surface area contributed by atoms with E-state index in [4.69, 9.17) is 4.74 Å². The fourth-order valence-corrected chi connectivity index (χ4v) is 1.80. The van der Waals surface area contributed by atoms with Gasteiger partial charge in [-0.3, -0.25) is 4.79 Å². The molecular weight excluding hydrogens is 238 g/mol. The molecule has 1 aromatic carbocycles. The Balaban J connectivity index is 2.73. The number of amides is 1. The molecule has 0 aromatic heterocycles. The van der Waals surface area contributed by atoms with Crippen LogP contribution >= 0.6 is 0 Å². The van der Waals surface area contributed by atoms with Gasteiger partial charge in [0.1, 0.15) is 5.75 Å². The molecular formula is C16H21NO2. The zero-order chi connectivity index (χ0) is 14.1. The summed E-state index contributed by atoms with van der Waals surface area (Å²) in [6.45, 7) is 5.90. The van der Waals surface area contributed by atoms with Gasteiger partial charge in [-0.2, -0.15) is 0 Å². The topological polar surface area (TPSA) is 38.3 Å². The van der Waals surface area contributed by atoms with E-state index in [1.54, 1.807) is 13.2 Å². The van der Waals surface area contributed by atoms with E-state index in [9.17, 15) is 4.79 Å². The predicted molar refractivity (Wildman–Crippen MR) is 79.2 cm³/mol. The highest BCUT2D eigenvalue weighted by Gasteiger charge is 2.02. The zero-order valence-electron chi connectivity index (χ0n) is 11.6. The molecule has 0 aliphatic rings. The molecule has 1 aromatic rings. The van der Waals surface area contributed by atoms with Crippen LogP contribution in [-0.4, -0.2) is 19.6 Å². The summed E-state index contributed by atoms with van der Waals surface area (Å²) >= 11 is 0. The first-order chi connectivity index (χ1) is 9.17. The summed E-state index contributed by atoms with van der Waals surface area (Å²) in [5.74, 6) is 0.864. The van der Waals surface area contributed by atoms with Gasteiger partial charge in [0.2, 0.25) is 5.91 Å². The van der Waals surface area contributed by atoms with Gasteiger partial charge < -0.3 is 10.1 Å². The minimum atomic E-state index is 0.0115. The van der Waals surface area contributed by atoms with Crippen LogP contribution in [-0.2, 0) is 11.2 Å². The Hall–Kier alpha value is -2.03. The van der Waals surface area contributed by atoms with Crippen LogP contribution in [0, 0.1) is 0 Å². The van der Waals surface area contributed by atoms with Gasteiger partial charge in [-0.05, 0) is 36.1 Å². The van der Waals surface area contributed by atoms with Gasteiger partial charge in [0.15, 0.2) is 0 Å². The molecule has 0 unspecified atom stereocenters. The van der Waals surface area contributed by atoms with Crippen molar-refractivity contribution in [2.75, 3.05) is 13.7 Å². The Morgan fingerprint density at radius 3 is 2.89 bits per heavy atom. The normalized spacial score (nSPS) is 10.4. The van der Waals surface area contributed by atoms with Crippen LogP contribution < -0.4 is 10.1 Å². The lowest BCUT2D eigenvalue weighted by molar-refractivity contribution is -0.118. The molecule has 1 rings (SSSR count). The van der Waals surface area contributed by atoms with Crippen molar-refractivity contribution in [1.29, 1.82) is 0 Å². The molecule has 0 heterocycles. The lowest BCUT2D eigenvalue weighted by Crippen LogP contribution is -2.21. The summed E-state index contributed by atoms with van der Waals surface area (Å²) in [5.41, 5.74) is 2.37. The third kappa shape index (κ3) is 5.42. The second-order valence-corrected chi connectivity index (χ2v) is 4.25. The first-order valence-electron chi connectivity index (χ1n) is 6.38. The Bertz CT molecular complexity index is 464. The quantitative estimate of drug-likeness (QED) is 0.604. The van der Waals surface area contributed by atoms with E-state index in [2.05, 4.69) is 11.9 Å². The van der Waals surface area contributed by atoms with Crippen LogP contribution in [0.4, 0.5) is 0 Å². The number of carbonyl (C=O) groups is 1. The molecule has 0 bridgehead atoms. The maximum Gasteiger partial charge on any atom is 0.216 e. The van der Waals surface area contributed by atoms with E-state index in [1.807, 2.05) is 30.4 Å². The molecule has 0 aliphatic heterocycles. The third-order valence-electron chi connectivity index (χ3n) is 2.76. The second-order valence-electron chi connectivity index (χ2n) is 4.25. The van der Waals surface area contributed by atoms with Crippen molar-refractivity contribution in [3.8, 4) is 5.75 Å². The number of hydrogen-bond donors (Lipinski definition) is 1. The summed E-state index contributed by atoms with van der Waals surface area (Å²) in [4.78, 5) is 10.8. The van der Waals surface area contributed by atoms with Crippen molar-refractivity contribution >= 4 is 12.0 Å². The fourth-order valence-electron chi connectivity index (χ4n) is 1.80. The molecule has 3 nitrogen and oxygen atoms in total. The molecule has 0 saturated heterocycles. The smallest absolute Gasteiger partial charge is 0.216 e. The molecule has 19 heavy (non-hydrogen) atoms. The van der Waals surface area contributed by atoms with E-state index >= 15 is 0 Å². The lowest BCUT2D eigenvalue weighted by Gasteiger charge is -2.09. The molecule has 1 N–H and O–H groups in total. The monoisotopic (exact) mass is 259 g/mol. The number of benzene rings is 1. The van der Waals surface area contributed by atoms with Gasteiger partial charge in [0.05, 0.1) is 7.11 Å². The standard InChI is InChI=1S/C16H21NO2/c1-4-5-7-14-9-10-16(19-3)12-15(14)8-6-11-17-13(2)18/h4-5,7,9-10,12H,1,6,8,11H2,2-3H3,(H,17,18)/b7-5-. The minimum absolute atomic E-state index is 0.0115. The van der Waals surface area contributed by atoms with Crippen molar-refractivity contribution in [3.63, 3.8) is 0 Å². The van der Waals surface area contributed by atoms with Crippen LogP contribution in [0.15, 0.2) is 36.9 Å². The van der Waals surface area contributed by atoms with Gasteiger partial charge in [0, 0.05) is 13.5 Å². The van der Waals surface area contributed by atoms with Gasteiger partial charge in [-0.15, -0.1) is 0 Å². The van der Waals surface area contributed by atoms with Crippen LogP contribution in [0.5, 0.6) is 5.75 Å². The third-order valence-corrected chi connectivity index (χ3v) is 2.76. The maximum absolute atomic E-state index is 10.8. The molecule has 102 valence electrons. The molecule has 1 amide bonds. The number of methoxy groups -OCH3 is 1. The van der Waals surface area contributed by atoms with Gasteiger partial charge >= 0.3 is 0 Å². The van der Waals surface area contributed by atoms with E-state index in [0.29, 0.717) is 6.54 Å². The first kappa shape index (κ1) is 15.0. The number of carbonyl (C=O) groups excluding carboxylic acids is 1. The van der Waals surface area contributed by atoms with E-state index in [1.165, 1.54) is 12.5 Å². The number of allylic oxidation sites excluding steroid dienone is 2. The maximum atomic E-state index is 10.8. The fraction of sp³-hybridized carbons (Fsp3) is 0.312. The lowest BCUT2D eigenvalue weighted by atomic mass is 10.0. The number of aryl methyl sites for hydroxylation is 1. The number of ether oxygens (including phenoxy) is 1. The average Bonchev–Trinajstić information content (AvgIpc) is 2.41. The van der Waals surface area contributed by atoms with Gasteiger partial charge in [-0.25, -0.2) is 0 Å². The van der Waals surface area contributed by atoms with Crippen molar-refractivity contribution in [2.45, 2.75) is 19.8 Å². The summed E-state index contributed by atoms with van der Waals surface area (Å²) in [5, 5.41) is 2.80. The molecule has 0 spiro atoms. The summed E-state index contributed by atoms with van der Waals surface area (Å²) in [7, 11) is 1.66. The Labute approximate surface area is 115 Å². The number of rotatable bonds is 7. The molecule has 0 saturated carbocycles. The zero-order valence-corrected chi connectivity index (χ0v) is 11.6. The van der Waals surface area contributed by atoms with E-state index in [-0.39, 0.29) is 5.91 Å². The van der Waals surface area contributed by atoms with Gasteiger partial charge in [-0.1, -0.05) is 30.9 Å².